The molecule has 0 unspecified atom stereocenters. The molecule has 1 N–H and O–H groups in total. The predicted molar refractivity (Wildman–Crippen MR) is 92.2 cm³/mol. The smallest absolute Gasteiger partial charge is 0.321 e. The van der Waals surface area contributed by atoms with Crippen molar-refractivity contribution >= 4 is 17.6 Å². The Bertz CT molecular complexity index is 577. The molecule has 3 amide bonds. The summed E-state index contributed by atoms with van der Waals surface area (Å²) in [7, 11) is 0. The van der Waals surface area contributed by atoms with Gasteiger partial charge in [-0.1, -0.05) is 18.9 Å². The lowest BCUT2D eigenvalue weighted by Crippen LogP contribution is -2.40. The fourth-order valence-electron chi connectivity index (χ4n) is 3.16. The molecule has 2 fully saturated rings. The van der Waals surface area contributed by atoms with Gasteiger partial charge in [-0.15, -0.1) is 0 Å². The third-order valence-electron chi connectivity index (χ3n) is 4.55. The summed E-state index contributed by atoms with van der Waals surface area (Å²) in [4.78, 5) is 28.6. The Morgan fingerprint density at radius 3 is 2.33 bits per heavy atom. The maximum atomic E-state index is 12.5. The van der Waals surface area contributed by atoms with Gasteiger partial charge in [0.25, 0.3) is 5.91 Å². The van der Waals surface area contributed by atoms with E-state index in [0.29, 0.717) is 37.6 Å². The van der Waals surface area contributed by atoms with Gasteiger partial charge in [0, 0.05) is 37.4 Å². The average Bonchev–Trinajstić information content (AvgIpc) is 2.91. The summed E-state index contributed by atoms with van der Waals surface area (Å²) in [6.07, 6.45) is 4.49. The number of nitrogens with one attached hydrogen (secondary N) is 1. The van der Waals surface area contributed by atoms with Crippen LogP contribution in [0, 0.1) is 0 Å². The Morgan fingerprint density at radius 1 is 0.917 bits per heavy atom. The summed E-state index contributed by atoms with van der Waals surface area (Å²) in [5, 5.41) is 2.93. The van der Waals surface area contributed by atoms with Crippen LogP contribution >= 0.6 is 0 Å². The zero-order chi connectivity index (χ0) is 16.8. The summed E-state index contributed by atoms with van der Waals surface area (Å²) < 4.78 is 5.28. The number of rotatable bonds is 2. The number of anilines is 1. The van der Waals surface area contributed by atoms with Crippen molar-refractivity contribution in [2.75, 3.05) is 44.7 Å². The first-order valence-corrected chi connectivity index (χ1v) is 8.77. The van der Waals surface area contributed by atoms with E-state index < -0.39 is 0 Å². The van der Waals surface area contributed by atoms with E-state index in [1.165, 1.54) is 12.8 Å². The first-order chi connectivity index (χ1) is 11.7. The molecule has 0 spiro atoms. The van der Waals surface area contributed by atoms with E-state index in [9.17, 15) is 9.59 Å². The summed E-state index contributed by atoms with van der Waals surface area (Å²) in [6.45, 7) is 4.00. The highest BCUT2D eigenvalue weighted by Gasteiger charge is 2.20. The van der Waals surface area contributed by atoms with Gasteiger partial charge in [-0.2, -0.15) is 0 Å². The van der Waals surface area contributed by atoms with Crippen LogP contribution in [0.25, 0.3) is 0 Å². The normalized spacial score (nSPS) is 18.8. The number of ether oxygens (including phenoxy) is 1. The van der Waals surface area contributed by atoms with Crippen molar-refractivity contribution in [3.8, 4) is 0 Å². The van der Waals surface area contributed by atoms with Crippen molar-refractivity contribution < 1.29 is 14.3 Å². The van der Waals surface area contributed by atoms with Gasteiger partial charge in [-0.25, -0.2) is 4.79 Å². The van der Waals surface area contributed by atoms with Crippen LogP contribution in [0.4, 0.5) is 10.5 Å². The molecule has 2 aliphatic heterocycles. The number of urea groups is 1. The summed E-state index contributed by atoms with van der Waals surface area (Å²) in [5.41, 5.74) is 1.27. The Kier molecular flexibility index (Phi) is 5.69. The standard InChI is InChI=1S/C18H25N3O3/c22-17(20-10-12-24-13-11-20)15-6-5-7-16(14-15)19-18(23)21-8-3-1-2-4-9-21/h5-7,14H,1-4,8-13H2,(H,19,23). The molecule has 0 aromatic heterocycles. The first-order valence-electron chi connectivity index (χ1n) is 8.77. The lowest BCUT2D eigenvalue weighted by Gasteiger charge is -2.27. The van der Waals surface area contributed by atoms with E-state index in [-0.39, 0.29) is 11.9 Å². The molecule has 130 valence electrons. The molecule has 1 aromatic rings. The zero-order valence-electron chi connectivity index (χ0n) is 14.0. The van der Waals surface area contributed by atoms with Crippen molar-refractivity contribution in [1.82, 2.24) is 9.80 Å². The topological polar surface area (TPSA) is 61.9 Å². The highest BCUT2D eigenvalue weighted by Crippen LogP contribution is 2.16. The van der Waals surface area contributed by atoms with Crippen LogP contribution in [0.15, 0.2) is 24.3 Å². The minimum absolute atomic E-state index is 0.0100. The second-order valence-electron chi connectivity index (χ2n) is 6.32. The highest BCUT2D eigenvalue weighted by molar-refractivity contribution is 5.97. The van der Waals surface area contributed by atoms with Crippen LogP contribution in [0.3, 0.4) is 0 Å². The van der Waals surface area contributed by atoms with E-state index in [1.54, 1.807) is 17.0 Å². The van der Waals surface area contributed by atoms with E-state index in [2.05, 4.69) is 5.32 Å². The number of hydrogen-bond donors (Lipinski definition) is 1. The maximum absolute atomic E-state index is 12.5. The molecule has 0 atom stereocenters. The fraction of sp³-hybridized carbons (Fsp3) is 0.556. The van der Waals surface area contributed by atoms with Crippen molar-refractivity contribution in [2.24, 2.45) is 0 Å². The van der Waals surface area contributed by atoms with E-state index >= 15 is 0 Å². The molecule has 24 heavy (non-hydrogen) atoms. The van der Waals surface area contributed by atoms with Crippen molar-refractivity contribution in [3.63, 3.8) is 0 Å². The van der Waals surface area contributed by atoms with E-state index in [4.69, 9.17) is 4.74 Å². The molecule has 1 aromatic carbocycles. The monoisotopic (exact) mass is 331 g/mol. The number of hydrogen-bond acceptors (Lipinski definition) is 3. The SMILES string of the molecule is O=C(Nc1cccc(C(=O)N2CCOCC2)c1)N1CCCCCC1. The number of nitrogens with zero attached hydrogens (tertiary/aromatic N) is 2. The number of benzene rings is 1. The quantitative estimate of drug-likeness (QED) is 0.906. The lowest BCUT2D eigenvalue weighted by atomic mass is 10.1. The second-order valence-corrected chi connectivity index (χ2v) is 6.32. The molecule has 6 heteroatoms. The van der Waals surface area contributed by atoms with E-state index in [1.807, 2.05) is 17.0 Å². The number of likely N-dealkylation sites (tertiary alicyclic amines) is 1. The highest BCUT2D eigenvalue weighted by atomic mass is 16.5. The predicted octanol–water partition coefficient (Wildman–Crippen LogP) is 2.57. The first kappa shape index (κ1) is 16.8. The molecule has 0 radical (unpaired) electrons. The maximum Gasteiger partial charge on any atom is 0.321 e. The van der Waals surface area contributed by atoms with Gasteiger partial charge in [-0.05, 0) is 31.0 Å². The second kappa shape index (κ2) is 8.15. The minimum Gasteiger partial charge on any atom is -0.378 e. The van der Waals surface area contributed by atoms with E-state index in [0.717, 1.165) is 25.9 Å². The molecular formula is C18H25N3O3. The van der Waals surface area contributed by atoms with Crippen molar-refractivity contribution in [3.05, 3.63) is 29.8 Å². The van der Waals surface area contributed by atoms with Crippen LogP contribution in [0.5, 0.6) is 0 Å². The summed E-state index contributed by atoms with van der Waals surface area (Å²) in [5.74, 6) is -0.0100. The van der Waals surface area contributed by atoms with Gasteiger partial charge < -0.3 is 19.9 Å². The molecule has 0 bridgehead atoms. The zero-order valence-corrected chi connectivity index (χ0v) is 14.0. The van der Waals surface area contributed by atoms with Crippen molar-refractivity contribution in [1.29, 1.82) is 0 Å². The van der Waals surface area contributed by atoms with Gasteiger partial charge in [0.2, 0.25) is 0 Å². The van der Waals surface area contributed by atoms with Crippen LogP contribution in [0.1, 0.15) is 36.0 Å². The number of carbonyl (C=O) groups is 2. The van der Waals surface area contributed by atoms with Crippen LogP contribution in [-0.4, -0.2) is 61.1 Å². The minimum atomic E-state index is -0.0760. The van der Waals surface area contributed by atoms with Gasteiger partial charge in [0.05, 0.1) is 13.2 Å². The molecule has 2 heterocycles. The largest absolute Gasteiger partial charge is 0.378 e. The van der Waals surface area contributed by atoms with Gasteiger partial charge in [0.1, 0.15) is 0 Å². The molecule has 6 nitrogen and oxygen atoms in total. The summed E-state index contributed by atoms with van der Waals surface area (Å²) >= 11 is 0. The van der Waals surface area contributed by atoms with Crippen molar-refractivity contribution in [2.45, 2.75) is 25.7 Å². The van der Waals surface area contributed by atoms with Gasteiger partial charge in [-0.3, -0.25) is 4.79 Å². The van der Waals surface area contributed by atoms with Gasteiger partial charge >= 0.3 is 6.03 Å². The average molecular weight is 331 g/mol. The molecule has 2 aliphatic rings. The van der Waals surface area contributed by atoms with Crippen LogP contribution in [-0.2, 0) is 4.74 Å². The molecule has 2 saturated heterocycles. The number of morpholine rings is 1. The Morgan fingerprint density at radius 2 is 1.62 bits per heavy atom. The molecule has 0 aliphatic carbocycles. The lowest BCUT2D eigenvalue weighted by molar-refractivity contribution is 0.0303. The fourth-order valence-corrected chi connectivity index (χ4v) is 3.16. The number of carbonyl (C=O) groups excluding carboxylic acids is 2. The van der Waals surface area contributed by atoms with Crippen LogP contribution < -0.4 is 5.32 Å². The van der Waals surface area contributed by atoms with Crippen LogP contribution in [0.2, 0.25) is 0 Å². The Hall–Kier alpha value is -2.08. The summed E-state index contributed by atoms with van der Waals surface area (Å²) in [6, 6.07) is 7.11. The third kappa shape index (κ3) is 4.26. The molecule has 3 rings (SSSR count). The molecule has 0 saturated carbocycles. The number of amides is 3. The van der Waals surface area contributed by atoms with Gasteiger partial charge in [0.15, 0.2) is 0 Å². The molecular weight excluding hydrogens is 306 g/mol. The Balaban J connectivity index is 1.63. The Labute approximate surface area is 142 Å². The third-order valence-corrected chi connectivity index (χ3v) is 4.55.